The highest BCUT2D eigenvalue weighted by molar-refractivity contribution is 6.12. The lowest BCUT2D eigenvalue weighted by atomic mass is 9.83. The van der Waals surface area contributed by atoms with Crippen molar-refractivity contribution in [1.82, 2.24) is 9.97 Å². The standard InChI is InChI=1S/C27H20N2O5/c1-32-20-11-14(12-21(33-2)26(20)31)17-13-22(30)34-27-16-8-4-3-7-15(16)24-25(23(17)27)29-19-10-6-5-9-18(19)28-24/h3-12,17,31H,13H2,1-2H3. The van der Waals surface area contributed by atoms with Crippen molar-refractivity contribution in [2.45, 2.75) is 12.3 Å². The van der Waals surface area contributed by atoms with E-state index in [1.165, 1.54) is 14.2 Å². The summed E-state index contributed by atoms with van der Waals surface area (Å²) in [5.41, 5.74) is 4.49. The van der Waals surface area contributed by atoms with Crippen molar-refractivity contribution in [3.63, 3.8) is 0 Å². The lowest BCUT2D eigenvalue weighted by molar-refractivity contribution is -0.135. The average molecular weight is 452 g/mol. The van der Waals surface area contributed by atoms with Gasteiger partial charge in [-0.05, 0) is 29.8 Å². The Morgan fingerprint density at radius 1 is 0.882 bits per heavy atom. The van der Waals surface area contributed by atoms with Gasteiger partial charge in [0.2, 0.25) is 5.75 Å². The summed E-state index contributed by atoms with van der Waals surface area (Å²) in [5.74, 6) is 0.165. The van der Waals surface area contributed by atoms with E-state index in [-0.39, 0.29) is 29.6 Å². The average Bonchev–Trinajstić information content (AvgIpc) is 2.87. The van der Waals surface area contributed by atoms with Gasteiger partial charge in [0.05, 0.1) is 42.7 Å². The highest BCUT2D eigenvalue weighted by Crippen LogP contribution is 2.49. The molecule has 1 atom stereocenters. The molecule has 34 heavy (non-hydrogen) atoms. The second kappa shape index (κ2) is 7.59. The lowest BCUT2D eigenvalue weighted by Crippen LogP contribution is -2.22. The van der Waals surface area contributed by atoms with Crippen LogP contribution in [0.25, 0.3) is 32.8 Å². The number of para-hydroxylation sites is 2. The fourth-order valence-corrected chi connectivity index (χ4v) is 4.77. The van der Waals surface area contributed by atoms with Gasteiger partial charge in [0.15, 0.2) is 11.5 Å². The Morgan fingerprint density at radius 3 is 2.12 bits per heavy atom. The molecule has 0 amide bonds. The summed E-state index contributed by atoms with van der Waals surface area (Å²) in [6, 6.07) is 18.9. The number of ether oxygens (including phenoxy) is 3. The molecule has 7 nitrogen and oxygen atoms in total. The lowest BCUT2D eigenvalue weighted by Gasteiger charge is -2.28. The SMILES string of the molecule is COc1cc(C2CC(=O)Oc3c2c2nc4ccccc4nc2c2ccccc32)cc(OC)c1O. The molecule has 1 aromatic heterocycles. The van der Waals surface area contributed by atoms with Gasteiger partial charge in [-0.2, -0.15) is 0 Å². The molecule has 7 heteroatoms. The molecule has 6 rings (SSSR count). The minimum atomic E-state index is -0.401. The summed E-state index contributed by atoms with van der Waals surface area (Å²) < 4.78 is 16.6. The number of rotatable bonds is 3. The molecule has 2 heterocycles. The maximum atomic E-state index is 12.8. The molecule has 5 aromatic rings. The molecule has 4 aromatic carbocycles. The zero-order valence-electron chi connectivity index (χ0n) is 18.5. The number of aromatic nitrogens is 2. The van der Waals surface area contributed by atoms with E-state index in [2.05, 4.69) is 0 Å². The van der Waals surface area contributed by atoms with Crippen molar-refractivity contribution in [3.05, 3.63) is 71.8 Å². The molecule has 0 bridgehead atoms. The molecule has 1 aliphatic rings. The number of benzene rings is 4. The summed E-state index contributed by atoms with van der Waals surface area (Å²) >= 11 is 0. The van der Waals surface area contributed by atoms with Crippen LogP contribution in [0.15, 0.2) is 60.7 Å². The zero-order chi connectivity index (χ0) is 23.4. The van der Waals surface area contributed by atoms with Crippen molar-refractivity contribution in [1.29, 1.82) is 0 Å². The fourth-order valence-electron chi connectivity index (χ4n) is 4.77. The van der Waals surface area contributed by atoms with Crippen molar-refractivity contribution in [2.24, 2.45) is 0 Å². The van der Waals surface area contributed by atoms with E-state index in [0.29, 0.717) is 11.3 Å². The van der Waals surface area contributed by atoms with Gasteiger partial charge in [-0.1, -0.05) is 36.4 Å². The third-order valence-corrected chi connectivity index (χ3v) is 6.34. The minimum Gasteiger partial charge on any atom is -0.502 e. The first kappa shape index (κ1) is 20.2. The monoisotopic (exact) mass is 452 g/mol. The number of carbonyl (C=O) groups is 1. The smallest absolute Gasteiger partial charge is 0.312 e. The van der Waals surface area contributed by atoms with Crippen molar-refractivity contribution < 1.29 is 24.1 Å². The van der Waals surface area contributed by atoms with Crippen LogP contribution in [-0.4, -0.2) is 35.3 Å². The van der Waals surface area contributed by atoms with Gasteiger partial charge in [-0.3, -0.25) is 4.79 Å². The quantitative estimate of drug-likeness (QED) is 0.176. The molecular weight excluding hydrogens is 432 g/mol. The fraction of sp³-hybridized carbons (Fsp3) is 0.148. The number of carbonyl (C=O) groups excluding carboxylic acids is 1. The number of methoxy groups -OCH3 is 2. The van der Waals surface area contributed by atoms with E-state index in [9.17, 15) is 9.90 Å². The third-order valence-electron chi connectivity index (χ3n) is 6.34. The molecular formula is C27H20N2O5. The number of phenols is 1. The number of nitrogens with zero attached hydrogens (tertiary/aromatic N) is 2. The molecule has 0 aliphatic carbocycles. The number of aromatic hydroxyl groups is 1. The van der Waals surface area contributed by atoms with Gasteiger partial charge in [0.25, 0.3) is 0 Å². The number of esters is 1. The highest BCUT2D eigenvalue weighted by atomic mass is 16.5. The molecule has 0 fully saturated rings. The van der Waals surface area contributed by atoms with Gasteiger partial charge in [0.1, 0.15) is 5.75 Å². The molecule has 168 valence electrons. The van der Waals surface area contributed by atoms with Gasteiger partial charge in [-0.15, -0.1) is 0 Å². The van der Waals surface area contributed by atoms with E-state index in [1.807, 2.05) is 48.5 Å². The molecule has 0 saturated carbocycles. The van der Waals surface area contributed by atoms with E-state index < -0.39 is 5.92 Å². The Kier molecular flexibility index (Phi) is 4.52. The molecule has 1 aliphatic heterocycles. The van der Waals surface area contributed by atoms with Crippen LogP contribution in [0, 0.1) is 0 Å². The molecule has 0 saturated heterocycles. The Hall–Kier alpha value is -4.39. The van der Waals surface area contributed by atoms with Crippen molar-refractivity contribution >= 4 is 38.8 Å². The summed E-state index contributed by atoms with van der Waals surface area (Å²) in [4.78, 5) is 22.7. The van der Waals surface area contributed by atoms with Crippen molar-refractivity contribution in [3.8, 4) is 23.0 Å². The van der Waals surface area contributed by atoms with E-state index in [1.54, 1.807) is 12.1 Å². The Bertz CT molecular complexity index is 1600. The summed E-state index contributed by atoms with van der Waals surface area (Å²) in [6.45, 7) is 0. The minimum absolute atomic E-state index is 0.0958. The van der Waals surface area contributed by atoms with Crippen LogP contribution in [0.2, 0.25) is 0 Å². The number of phenolic OH excluding ortho intramolecular Hbond substituents is 1. The Balaban J connectivity index is 1.75. The number of fused-ring (bicyclic) bond motifs is 7. The van der Waals surface area contributed by atoms with Gasteiger partial charge in [0, 0.05) is 22.3 Å². The largest absolute Gasteiger partial charge is 0.502 e. The van der Waals surface area contributed by atoms with Gasteiger partial charge in [-0.25, -0.2) is 9.97 Å². The maximum absolute atomic E-state index is 12.8. The van der Waals surface area contributed by atoms with Crippen LogP contribution < -0.4 is 14.2 Å². The zero-order valence-corrected chi connectivity index (χ0v) is 18.5. The first-order valence-electron chi connectivity index (χ1n) is 10.9. The van der Waals surface area contributed by atoms with E-state index >= 15 is 0 Å². The van der Waals surface area contributed by atoms with Gasteiger partial charge < -0.3 is 19.3 Å². The van der Waals surface area contributed by atoms with Crippen LogP contribution in [0.5, 0.6) is 23.0 Å². The van der Waals surface area contributed by atoms with Gasteiger partial charge >= 0.3 is 5.97 Å². The Labute approximate surface area is 194 Å². The predicted molar refractivity (Wildman–Crippen MR) is 128 cm³/mol. The second-order valence-corrected chi connectivity index (χ2v) is 8.20. The highest BCUT2D eigenvalue weighted by Gasteiger charge is 2.34. The van der Waals surface area contributed by atoms with E-state index in [0.717, 1.165) is 38.4 Å². The number of hydrogen-bond donors (Lipinski definition) is 1. The normalized spacial score (nSPS) is 15.4. The van der Waals surface area contributed by atoms with Crippen molar-refractivity contribution in [2.75, 3.05) is 14.2 Å². The molecule has 1 unspecified atom stereocenters. The first-order chi connectivity index (χ1) is 16.6. The number of hydrogen-bond acceptors (Lipinski definition) is 7. The Morgan fingerprint density at radius 2 is 1.47 bits per heavy atom. The summed E-state index contributed by atoms with van der Waals surface area (Å²) in [6.07, 6.45) is 0.103. The van der Waals surface area contributed by atoms with Crippen LogP contribution >= 0.6 is 0 Å². The first-order valence-corrected chi connectivity index (χ1v) is 10.9. The second-order valence-electron chi connectivity index (χ2n) is 8.20. The van der Waals surface area contributed by atoms with Crippen LogP contribution in [-0.2, 0) is 4.79 Å². The topological polar surface area (TPSA) is 90.8 Å². The third kappa shape index (κ3) is 2.94. The maximum Gasteiger partial charge on any atom is 0.312 e. The van der Waals surface area contributed by atoms with E-state index in [4.69, 9.17) is 24.2 Å². The molecule has 0 radical (unpaired) electrons. The van der Waals surface area contributed by atoms with Crippen LogP contribution in [0.3, 0.4) is 0 Å². The molecule has 1 N–H and O–H groups in total. The van der Waals surface area contributed by atoms with Crippen LogP contribution in [0.4, 0.5) is 0 Å². The summed E-state index contributed by atoms with van der Waals surface area (Å²) in [7, 11) is 2.95. The molecule has 0 spiro atoms. The van der Waals surface area contributed by atoms with Crippen LogP contribution in [0.1, 0.15) is 23.5 Å². The summed E-state index contributed by atoms with van der Waals surface area (Å²) in [5, 5.41) is 12.1. The predicted octanol–water partition coefficient (Wildman–Crippen LogP) is 5.10.